The van der Waals surface area contributed by atoms with Crippen molar-refractivity contribution in [3.63, 3.8) is 0 Å². The number of rotatable bonds is 10. The van der Waals surface area contributed by atoms with E-state index in [1.165, 1.54) is 17.0 Å². The molecule has 0 aliphatic carbocycles. The number of benzene rings is 2. The Labute approximate surface area is 201 Å². The van der Waals surface area contributed by atoms with Crippen LogP contribution in [0.4, 0.5) is 18.9 Å². The summed E-state index contributed by atoms with van der Waals surface area (Å²) >= 11 is 0. The number of fused-ring (bicyclic) bond motifs is 1. The number of esters is 1. The minimum atomic E-state index is -4.45. The molecule has 0 radical (unpaired) electrons. The Morgan fingerprint density at radius 1 is 1.09 bits per heavy atom. The van der Waals surface area contributed by atoms with E-state index in [1.807, 2.05) is 6.07 Å². The fourth-order valence-electron chi connectivity index (χ4n) is 3.64. The molecule has 7 nitrogen and oxygen atoms in total. The average Bonchev–Trinajstić information content (AvgIpc) is 2.81. The molecule has 1 aliphatic heterocycles. The summed E-state index contributed by atoms with van der Waals surface area (Å²) in [6, 6.07) is 9.84. The van der Waals surface area contributed by atoms with Crippen molar-refractivity contribution in [2.75, 3.05) is 25.1 Å². The first-order valence-corrected chi connectivity index (χ1v) is 11.3. The number of hydrogen-bond donors (Lipinski definition) is 1. The molecule has 0 unspecified atom stereocenters. The lowest BCUT2D eigenvalue weighted by Crippen LogP contribution is -2.36. The highest BCUT2D eigenvalue weighted by atomic mass is 19.4. The first-order chi connectivity index (χ1) is 16.7. The number of nitrogens with one attached hydrogen (secondary N) is 1. The second-order valence-corrected chi connectivity index (χ2v) is 8.07. The van der Waals surface area contributed by atoms with Gasteiger partial charge in [-0.2, -0.15) is 13.2 Å². The summed E-state index contributed by atoms with van der Waals surface area (Å²) in [5, 5.41) is 2.80. The number of hydrogen-bond acceptors (Lipinski definition) is 5. The normalized spacial score (nSPS) is 13.0. The van der Waals surface area contributed by atoms with Gasteiger partial charge < -0.3 is 19.7 Å². The summed E-state index contributed by atoms with van der Waals surface area (Å²) in [7, 11) is 0. The molecule has 1 N–H and O–H groups in total. The maximum absolute atomic E-state index is 12.8. The lowest BCUT2D eigenvalue weighted by atomic mass is 10.0. The number of alkyl halides is 3. The van der Waals surface area contributed by atoms with Crippen LogP contribution in [0.25, 0.3) is 0 Å². The van der Waals surface area contributed by atoms with E-state index < -0.39 is 17.7 Å². The van der Waals surface area contributed by atoms with E-state index in [4.69, 9.17) is 9.47 Å². The van der Waals surface area contributed by atoms with Gasteiger partial charge in [0.2, 0.25) is 11.8 Å². The Balaban J connectivity index is 1.55. The first kappa shape index (κ1) is 26.1. The minimum absolute atomic E-state index is 0.0200. The molecule has 2 aromatic rings. The molecule has 0 saturated carbocycles. The Morgan fingerprint density at radius 2 is 1.83 bits per heavy atom. The standard InChI is InChI=1S/C25H27F3N2O5/c1-2-34-24(33)16-30(15-17-5-8-19(9-6-17)25(26,27)28)23(32)4-3-13-35-20-10-11-21-18(14-20)7-12-22(31)29-21/h5-6,8-11,14H,2-4,7,12-13,15-16H2,1H3,(H,29,31). The van der Waals surface area contributed by atoms with Gasteiger partial charge in [0.25, 0.3) is 0 Å². The molecular weight excluding hydrogens is 465 g/mol. The highest BCUT2D eigenvalue weighted by molar-refractivity contribution is 5.94. The highest BCUT2D eigenvalue weighted by Crippen LogP contribution is 2.29. The smallest absolute Gasteiger partial charge is 0.416 e. The molecular formula is C25H27F3N2O5. The summed E-state index contributed by atoms with van der Waals surface area (Å²) in [5.74, 6) is -0.325. The number of carbonyl (C=O) groups is 3. The molecule has 0 atom stereocenters. The number of halogens is 3. The van der Waals surface area contributed by atoms with E-state index in [9.17, 15) is 27.6 Å². The number of ether oxygens (including phenoxy) is 2. The van der Waals surface area contributed by atoms with Gasteiger partial charge in [-0.1, -0.05) is 12.1 Å². The van der Waals surface area contributed by atoms with Crippen molar-refractivity contribution in [3.8, 4) is 5.75 Å². The zero-order chi connectivity index (χ0) is 25.4. The molecule has 188 valence electrons. The molecule has 3 rings (SSSR count). The number of anilines is 1. The zero-order valence-electron chi connectivity index (χ0n) is 19.3. The number of nitrogens with zero attached hydrogens (tertiary/aromatic N) is 1. The van der Waals surface area contributed by atoms with Gasteiger partial charge in [0, 0.05) is 25.1 Å². The van der Waals surface area contributed by atoms with E-state index in [-0.39, 0.29) is 44.5 Å². The number of carbonyl (C=O) groups excluding carboxylic acids is 3. The molecule has 1 aliphatic rings. The van der Waals surface area contributed by atoms with Crippen molar-refractivity contribution in [2.45, 2.75) is 45.3 Å². The largest absolute Gasteiger partial charge is 0.494 e. The Morgan fingerprint density at radius 3 is 2.51 bits per heavy atom. The average molecular weight is 492 g/mol. The van der Waals surface area contributed by atoms with E-state index in [1.54, 1.807) is 19.1 Å². The van der Waals surface area contributed by atoms with Crippen LogP contribution >= 0.6 is 0 Å². The third-order valence-electron chi connectivity index (χ3n) is 5.41. The molecule has 0 bridgehead atoms. The molecule has 10 heteroatoms. The summed E-state index contributed by atoms with van der Waals surface area (Å²) < 4.78 is 49.1. The van der Waals surface area contributed by atoms with Crippen molar-refractivity contribution in [2.24, 2.45) is 0 Å². The quantitative estimate of drug-likeness (QED) is 0.394. The van der Waals surface area contributed by atoms with Crippen LogP contribution in [0.15, 0.2) is 42.5 Å². The summed E-state index contributed by atoms with van der Waals surface area (Å²) in [5.41, 5.74) is 1.43. The monoisotopic (exact) mass is 492 g/mol. The second-order valence-electron chi connectivity index (χ2n) is 8.07. The van der Waals surface area contributed by atoms with Crippen LogP contribution < -0.4 is 10.1 Å². The molecule has 35 heavy (non-hydrogen) atoms. The summed E-state index contributed by atoms with van der Waals surface area (Å²) in [6.45, 7) is 1.73. The predicted molar refractivity (Wildman–Crippen MR) is 122 cm³/mol. The third kappa shape index (κ3) is 7.73. The van der Waals surface area contributed by atoms with E-state index in [2.05, 4.69) is 5.32 Å². The lowest BCUT2D eigenvalue weighted by Gasteiger charge is -2.22. The maximum Gasteiger partial charge on any atom is 0.416 e. The molecule has 2 amide bonds. The van der Waals surface area contributed by atoms with Crippen LogP contribution in [0.3, 0.4) is 0 Å². The van der Waals surface area contributed by atoms with Crippen LogP contribution in [0.2, 0.25) is 0 Å². The van der Waals surface area contributed by atoms with Crippen molar-refractivity contribution < 1.29 is 37.0 Å². The minimum Gasteiger partial charge on any atom is -0.494 e. The lowest BCUT2D eigenvalue weighted by molar-refractivity contribution is -0.149. The molecule has 0 spiro atoms. The van der Waals surface area contributed by atoms with Crippen LogP contribution in [-0.4, -0.2) is 42.4 Å². The topological polar surface area (TPSA) is 84.9 Å². The van der Waals surface area contributed by atoms with Crippen molar-refractivity contribution in [3.05, 3.63) is 59.2 Å². The van der Waals surface area contributed by atoms with Crippen LogP contribution in [-0.2, 0) is 38.3 Å². The van der Waals surface area contributed by atoms with Crippen molar-refractivity contribution in [1.82, 2.24) is 4.90 Å². The predicted octanol–water partition coefficient (Wildman–Crippen LogP) is 4.34. The Hall–Kier alpha value is -3.56. The van der Waals surface area contributed by atoms with Crippen LogP contribution in [0.5, 0.6) is 5.75 Å². The molecule has 0 fully saturated rings. The van der Waals surface area contributed by atoms with Gasteiger partial charge >= 0.3 is 12.1 Å². The van der Waals surface area contributed by atoms with Crippen molar-refractivity contribution in [1.29, 1.82) is 0 Å². The SMILES string of the molecule is CCOC(=O)CN(Cc1ccc(C(F)(F)F)cc1)C(=O)CCCOc1ccc2c(c1)CCC(=O)N2. The fraction of sp³-hybridized carbons (Fsp3) is 0.400. The first-order valence-electron chi connectivity index (χ1n) is 11.3. The Bertz CT molecular complexity index is 1050. The second kappa shape index (κ2) is 11.7. The Kier molecular flexibility index (Phi) is 8.73. The third-order valence-corrected chi connectivity index (χ3v) is 5.41. The van der Waals surface area contributed by atoms with Gasteiger partial charge in [0.15, 0.2) is 0 Å². The molecule has 0 aromatic heterocycles. The summed E-state index contributed by atoms with van der Waals surface area (Å²) in [6.07, 6.45) is -2.95. The van der Waals surface area contributed by atoms with Crippen molar-refractivity contribution >= 4 is 23.5 Å². The van der Waals surface area contributed by atoms with E-state index in [0.29, 0.717) is 30.6 Å². The van der Waals surface area contributed by atoms with Crippen LogP contribution in [0.1, 0.15) is 42.9 Å². The van der Waals surface area contributed by atoms with Gasteiger partial charge in [0.1, 0.15) is 12.3 Å². The van der Waals surface area contributed by atoms with Gasteiger partial charge in [0.05, 0.1) is 18.8 Å². The number of amides is 2. The fourth-order valence-corrected chi connectivity index (χ4v) is 3.64. The van der Waals surface area contributed by atoms with Crippen LogP contribution in [0, 0.1) is 0 Å². The molecule has 0 saturated heterocycles. The van der Waals surface area contributed by atoms with Gasteiger partial charge in [-0.3, -0.25) is 14.4 Å². The summed E-state index contributed by atoms with van der Waals surface area (Å²) in [4.78, 5) is 37.5. The van der Waals surface area contributed by atoms with Gasteiger partial charge in [-0.15, -0.1) is 0 Å². The highest BCUT2D eigenvalue weighted by Gasteiger charge is 2.30. The molecule has 2 aromatic carbocycles. The zero-order valence-corrected chi connectivity index (χ0v) is 19.3. The van der Waals surface area contributed by atoms with E-state index in [0.717, 1.165) is 23.4 Å². The maximum atomic E-state index is 12.8. The van der Waals surface area contributed by atoms with E-state index >= 15 is 0 Å². The van der Waals surface area contributed by atoms with Gasteiger partial charge in [-0.05, 0) is 61.2 Å². The number of aryl methyl sites for hydroxylation is 1. The van der Waals surface area contributed by atoms with Gasteiger partial charge in [-0.25, -0.2) is 0 Å². The molecule has 1 heterocycles.